The molecule has 0 spiro atoms. The average molecular weight is 408 g/mol. The van der Waals surface area contributed by atoms with Crippen molar-refractivity contribution in [2.75, 3.05) is 0 Å². The summed E-state index contributed by atoms with van der Waals surface area (Å²) < 4.78 is 11.4. The molecule has 0 N–H and O–H groups in total. The molecule has 2 heterocycles. The van der Waals surface area contributed by atoms with Gasteiger partial charge in [-0.3, -0.25) is 10.1 Å². The van der Waals surface area contributed by atoms with Gasteiger partial charge in [-0.2, -0.15) is 0 Å². The number of nitrogens with zero attached hydrogens (tertiary/aromatic N) is 3. The Morgan fingerprint density at radius 2 is 1.83 bits per heavy atom. The highest BCUT2D eigenvalue weighted by molar-refractivity contribution is 6.50. The molecular formula is C21H14ClN3O4. The van der Waals surface area contributed by atoms with E-state index in [0.29, 0.717) is 23.0 Å². The van der Waals surface area contributed by atoms with E-state index in [1.54, 1.807) is 30.3 Å². The van der Waals surface area contributed by atoms with Crippen molar-refractivity contribution in [3.8, 4) is 22.8 Å². The topological polar surface area (TPSA) is 95.2 Å². The van der Waals surface area contributed by atoms with Crippen molar-refractivity contribution >= 4 is 28.4 Å². The number of rotatable bonds is 5. The van der Waals surface area contributed by atoms with E-state index < -0.39 is 4.92 Å². The molecule has 2 aromatic carbocycles. The third-order valence-electron chi connectivity index (χ3n) is 4.15. The minimum Gasteiger partial charge on any atom is -0.457 e. The maximum Gasteiger partial charge on any atom is 0.269 e. The summed E-state index contributed by atoms with van der Waals surface area (Å²) in [7, 11) is 0. The Bertz CT molecular complexity index is 1210. The van der Waals surface area contributed by atoms with Crippen LogP contribution in [0.4, 0.5) is 5.69 Å². The van der Waals surface area contributed by atoms with Crippen LogP contribution < -0.4 is 0 Å². The van der Waals surface area contributed by atoms with Crippen LogP contribution in [0.15, 0.2) is 69.5 Å². The first-order valence-corrected chi connectivity index (χ1v) is 9.00. The lowest BCUT2D eigenvalue weighted by Crippen LogP contribution is -1.86. The number of hydrogen-bond donors (Lipinski definition) is 0. The van der Waals surface area contributed by atoms with E-state index in [9.17, 15) is 10.1 Å². The summed E-state index contributed by atoms with van der Waals surface area (Å²) in [6.45, 7) is 1.98. The first-order valence-electron chi connectivity index (χ1n) is 8.62. The molecule has 0 aliphatic heterocycles. The smallest absolute Gasteiger partial charge is 0.269 e. The number of hydrogen-bond acceptors (Lipinski definition) is 6. The van der Waals surface area contributed by atoms with Crippen molar-refractivity contribution in [1.29, 1.82) is 0 Å². The van der Waals surface area contributed by atoms with Crippen molar-refractivity contribution in [3.63, 3.8) is 0 Å². The molecule has 0 amide bonds. The fourth-order valence-corrected chi connectivity index (χ4v) is 2.92. The lowest BCUT2D eigenvalue weighted by Gasteiger charge is -1.97. The zero-order valence-corrected chi connectivity index (χ0v) is 16.0. The van der Waals surface area contributed by atoms with E-state index in [4.69, 9.17) is 20.4 Å². The molecule has 0 aliphatic carbocycles. The molecule has 144 valence electrons. The van der Waals surface area contributed by atoms with Crippen LogP contribution in [-0.2, 0) is 0 Å². The average Bonchev–Trinajstić information content (AvgIpc) is 3.38. The van der Waals surface area contributed by atoms with Gasteiger partial charge in [0.15, 0.2) is 0 Å². The molecular weight excluding hydrogens is 394 g/mol. The molecule has 0 saturated carbocycles. The highest BCUT2D eigenvalue weighted by Crippen LogP contribution is 2.29. The van der Waals surface area contributed by atoms with E-state index in [-0.39, 0.29) is 16.6 Å². The second-order valence-electron chi connectivity index (χ2n) is 6.28. The number of aromatic nitrogens is 2. The Kier molecular flexibility index (Phi) is 4.97. The predicted octanol–water partition coefficient (Wildman–Crippen LogP) is 5.95. The van der Waals surface area contributed by atoms with Gasteiger partial charge in [0.25, 0.3) is 11.6 Å². The molecule has 0 radical (unpaired) electrons. The van der Waals surface area contributed by atoms with Gasteiger partial charge in [0.05, 0.1) is 4.92 Å². The summed E-state index contributed by atoms with van der Waals surface area (Å²) in [6, 6.07) is 17.3. The molecule has 4 aromatic rings. The molecule has 2 aromatic heterocycles. The number of halogens is 1. The van der Waals surface area contributed by atoms with Crippen LogP contribution in [0.1, 0.15) is 17.2 Å². The van der Waals surface area contributed by atoms with Gasteiger partial charge >= 0.3 is 0 Å². The number of nitro benzene ring substituents is 1. The van der Waals surface area contributed by atoms with Crippen molar-refractivity contribution in [1.82, 2.24) is 10.2 Å². The predicted molar refractivity (Wildman–Crippen MR) is 109 cm³/mol. The zero-order chi connectivity index (χ0) is 20.4. The molecule has 7 nitrogen and oxygen atoms in total. The molecule has 0 fully saturated rings. The van der Waals surface area contributed by atoms with Gasteiger partial charge in [0, 0.05) is 29.3 Å². The van der Waals surface area contributed by atoms with Gasteiger partial charge in [-0.05, 0) is 43.3 Å². The van der Waals surface area contributed by atoms with Gasteiger partial charge in [-0.25, -0.2) is 0 Å². The number of non-ortho nitro benzene ring substituents is 1. The van der Waals surface area contributed by atoms with Crippen molar-refractivity contribution in [2.24, 2.45) is 0 Å². The lowest BCUT2D eigenvalue weighted by atomic mass is 10.1. The standard InChI is InChI=1S/C21H14ClN3O4/c1-13-3-2-4-15(11-13)20-23-24-21(29-20)18(22)12-17-9-10-19(28-17)14-5-7-16(8-6-14)25(26)27/h2-12H,1H3/b18-12-. The highest BCUT2D eigenvalue weighted by atomic mass is 35.5. The summed E-state index contributed by atoms with van der Waals surface area (Å²) in [5.41, 5.74) is 2.63. The van der Waals surface area contributed by atoms with Gasteiger partial charge in [-0.1, -0.05) is 29.3 Å². The summed E-state index contributed by atoms with van der Waals surface area (Å²) in [6.07, 6.45) is 1.57. The third-order valence-corrected chi connectivity index (χ3v) is 4.42. The minimum atomic E-state index is -0.449. The van der Waals surface area contributed by atoms with Crippen LogP contribution >= 0.6 is 11.6 Å². The normalized spacial score (nSPS) is 11.6. The quantitative estimate of drug-likeness (QED) is 0.299. The van der Waals surface area contributed by atoms with E-state index in [0.717, 1.165) is 11.1 Å². The minimum absolute atomic E-state index is 0.0178. The lowest BCUT2D eigenvalue weighted by molar-refractivity contribution is -0.384. The Labute approximate surface area is 170 Å². The van der Waals surface area contributed by atoms with Crippen LogP contribution in [0.5, 0.6) is 0 Å². The maximum atomic E-state index is 10.8. The summed E-state index contributed by atoms with van der Waals surface area (Å²) in [5.74, 6) is 1.60. The van der Waals surface area contributed by atoms with E-state index >= 15 is 0 Å². The van der Waals surface area contributed by atoms with Gasteiger partial charge in [0.2, 0.25) is 5.89 Å². The Balaban J connectivity index is 1.55. The second kappa shape index (κ2) is 7.73. The zero-order valence-electron chi connectivity index (χ0n) is 15.2. The highest BCUT2D eigenvalue weighted by Gasteiger charge is 2.13. The van der Waals surface area contributed by atoms with Crippen molar-refractivity contribution in [2.45, 2.75) is 6.92 Å². The Hall–Kier alpha value is -3.71. The summed E-state index contributed by atoms with van der Waals surface area (Å²) in [4.78, 5) is 10.3. The summed E-state index contributed by atoms with van der Waals surface area (Å²) >= 11 is 6.31. The van der Waals surface area contributed by atoms with Crippen LogP contribution in [0.3, 0.4) is 0 Å². The van der Waals surface area contributed by atoms with Gasteiger partial charge in [-0.15, -0.1) is 10.2 Å². The first kappa shape index (κ1) is 18.6. The fourth-order valence-electron chi connectivity index (χ4n) is 2.73. The first-order chi connectivity index (χ1) is 14.0. The van der Waals surface area contributed by atoms with Gasteiger partial charge in [0.1, 0.15) is 16.6 Å². The molecule has 0 atom stereocenters. The molecule has 8 heteroatoms. The molecule has 0 saturated heterocycles. The third kappa shape index (κ3) is 4.09. The fraction of sp³-hybridized carbons (Fsp3) is 0.0476. The maximum absolute atomic E-state index is 10.8. The number of nitro groups is 1. The van der Waals surface area contributed by atoms with Crippen LogP contribution in [-0.4, -0.2) is 15.1 Å². The Morgan fingerprint density at radius 1 is 1.03 bits per heavy atom. The molecule has 0 aliphatic rings. The number of benzene rings is 2. The number of aryl methyl sites for hydroxylation is 1. The van der Waals surface area contributed by atoms with E-state index in [2.05, 4.69) is 10.2 Å². The van der Waals surface area contributed by atoms with Crippen molar-refractivity contribution < 1.29 is 13.8 Å². The second-order valence-corrected chi connectivity index (χ2v) is 6.69. The van der Waals surface area contributed by atoms with Crippen molar-refractivity contribution in [3.05, 3.63) is 88.0 Å². The monoisotopic (exact) mass is 407 g/mol. The van der Waals surface area contributed by atoms with Crippen LogP contribution in [0, 0.1) is 17.0 Å². The van der Waals surface area contributed by atoms with Crippen LogP contribution in [0.2, 0.25) is 0 Å². The van der Waals surface area contributed by atoms with Gasteiger partial charge < -0.3 is 8.83 Å². The number of furan rings is 1. The molecule has 0 unspecified atom stereocenters. The molecule has 4 rings (SSSR count). The largest absolute Gasteiger partial charge is 0.457 e. The van der Waals surface area contributed by atoms with E-state index in [1.807, 2.05) is 31.2 Å². The molecule has 0 bridgehead atoms. The molecule has 29 heavy (non-hydrogen) atoms. The Morgan fingerprint density at radius 3 is 2.55 bits per heavy atom. The van der Waals surface area contributed by atoms with Crippen LogP contribution in [0.25, 0.3) is 33.9 Å². The summed E-state index contributed by atoms with van der Waals surface area (Å²) in [5, 5.41) is 19.0. The SMILES string of the molecule is Cc1cccc(-c2nnc(/C(Cl)=C/c3ccc(-c4ccc([N+](=O)[O-])cc4)o3)o2)c1. The van der Waals surface area contributed by atoms with E-state index in [1.165, 1.54) is 12.1 Å².